The van der Waals surface area contributed by atoms with Gasteiger partial charge in [0.25, 0.3) is 10.0 Å². The van der Waals surface area contributed by atoms with Crippen molar-refractivity contribution < 1.29 is 27.1 Å². The molecule has 0 spiro atoms. The van der Waals surface area contributed by atoms with Gasteiger partial charge < -0.3 is 9.47 Å². The van der Waals surface area contributed by atoms with E-state index < -0.39 is 15.8 Å². The first-order chi connectivity index (χ1) is 16.5. The second kappa shape index (κ2) is 11.9. The molecular formula is C25H29FN2O5S. The van der Waals surface area contributed by atoms with Gasteiger partial charge in [0.2, 0.25) is 0 Å². The predicted octanol–water partition coefficient (Wildman–Crippen LogP) is 4.08. The van der Waals surface area contributed by atoms with E-state index >= 15 is 0 Å². The highest BCUT2D eigenvalue weighted by Crippen LogP contribution is 2.29. The van der Waals surface area contributed by atoms with Crippen molar-refractivity contribution in [3.63, 3.8) is 0 Å². The lowest BCUT2D eigenvalue weighted by Crippen LogP contribution is -2.38. The predicted molar refractivity (Wildman–Crippen MR) is 128 cm³/mol. The number of hydrogen-bond acceptors (Lipinski definition) is 6. The Labute approximate surface area is 199 Å². The number of morpholine rings is 1. The molecule has 1 fully saturated rings. The summed E-state index contributed by atoms with van der Waals surface area (Å²) >= 11 is 0. The fourth-order valence-electron chi connectivity index (χ4n) is 3.55. The third-order valence-corrected chi connectivity index (χ3v) is 6.90. The highest BCUT2D eigenvalue weighted by atomic mass is 32.2. The molecule has 0 unspecified atom stereocenters. The van der Waals surface area contributed by atoms with Crippen LogP contribution in [0.15, 0.2) is 65.7 Å². The molecule has 7 nitrogen and oxygen atoms in total. The van der Waals surface area contributed by atoms with E-state index in [4.69, 9.17) is 9.47 Å². The highest BCUT2D eigenvalue weighted by molar-refractivity contribution is 7.90. The lowest BCUT2D eigenvalue weighted by atomic mass is 10.1. The Morgan fingerprint density at radius 2 is 1.79 bits per heavy atom. The van der Waals surface area contributed by atoms with Crippen LogP contribution in [0.4, 0.5) is 4.39 Å². The van der Waals surface area contributed by atoms with Crippen molar-refractivity contribution in [2.24, 2.45) is 0 Å². The van der Waals surface area contributed by atoms with Crippen LogP contribution in [-0.4, -0.2) is 63.0 Å². The van der Waals surface area contributed by atoms with Crippen LogP contribution in [0, 0.1) is 5.82 Å². The molecule has 0 aliphatic carbocycles. The average Bonchev–Trinajstić information content (AvgIpc) is 3.32. The van der Waals surface area contributed by atoms with E-state index in [1.165, 1.54) is 42.6 Å². The Balaban J connectivity index is 0.00000158. The number of carbonyl (C=O) groups is 1. The van der Waals surface area contributed by atoms with Gasteiger partial charge >= 0.3 is 0 Å². The Morgan fingerprint density at radius 3 is 2.50 bits per heavy atom. The van der Waals surface area contributed by atoms with Crippen molar-refractivity contribution in [1.29, 1.82) is 0 Å². The van der Waals surface area contributed by atoms with Crippen LogP contribution in [0.2, 0.25) is 0 Å². The zero-order chi connectivity index (χ0) is 24.6. The zero-order valence-electron chi connectivity index (χ0n) is 19.3. The second-order valence-corrected chi connectivity index (χ2v) is 9.15. The minimum atomic E-state index is -4.11. The summed E-state index contributed by atoms with van der Waals surface area (Å²) in [7, 11) is -4.11. The monoisotopic (exact) mass is 488 g/mol. The number of halogens is 1. The molecule has 4 rings (SSSR count). The maximum Gasteiger partial charge on any atom is 0.268 e. The summed E-state index contributed by atoms with van der Waals surface area (Å²) in [5, 5.41) is 0. The van der Waals surface area contributed by atoms with Crippen LogP contribution in [-0.2, 0) is 14.8 Å². The minimum absolute atomic E-state index is 0.0213. The fraction of sp³-hybridized carbons (Fsp3) is 0.320. The number of rotatable bonds is 8. The molecule has 0 N–H and O–H groups in total. The molecule has 34 heavy (non-hydrogen) atoms. The number of aromatic nitrogens is 1. The Hall–Kier alpha value is -3.01. The first-order valence-corrected chi connectivity index (χ1v) is 12.6. The largest absolute Gasteiger partial charge is 0.492 e. The van der Waals surface area contributed by atoms with E-state index in [2.05, 4.69) is 4.90 Å². The molecule has 0 radical (unpaired) electrons. The topological polar surface area (TPSA) is 77.8 Å². The zero-order valence-corrected chi connectivity index (χ0v) is 20.1. The summed E-state index contributed by atoms with van der Waals surface area (Å²) in [6.45, 7) is 8.17. The quantitative estimate of drug-likeness (QED) is 0.445. The average molecular weight is 489 g/mol. The van der Waals surface area contributed by atoms with Gasteiger partial charge in [-0.15, -0.1) is 0 Å². The molecular weight excluding hydrogens is 459 g/mol. The molecule has 0 bridgehead atoms. The van der Waals surface area contributed by atoms with Crippen molar-refractivity contribution >= 4 is 16.3 Å². The van der Waals surface area contributed by atoms with Crippen LogP contribution in [0.5, 0.6) is 5.75 Å². The molecule has 1 aromatic heterocycles. The maximum atomic E-state index is 14.4. The lowest BCUT2D eigenvalue weighted by Gasteiger charge is -2.26. The molecule has 182 valence electrons. The summed E-state index contributed by atoms with van der Waals surface area (Å²) in [5.74, 6) is -0.172. The first kappa shape index (κ1) is 25.6. The smallest absolute Gasteiger partial charge is 0.268 e. The van der Waals surface area contributed by atoms with Gasteiger partial charge in [0.1, 0.15) is 18.2 Å². The molecule has 9 heteroatoms. The SMILES string of the molecule is CC.O=Cc1cc(-c2ccccc2F)n(S(=O)(=O)c2cccc(OCCN3CCOCC3)c2)c1. The maximum absolute atomic E-state index is 14.4. The molecule has 1 aliphatic rings. The van der Waals surface area contributed by atoms with E-state index in [-0.39, 0.29) is 21.7 Å². The summed E-state index contributed by atoms with van der Waals surface area (Å²) in [4.78, 5) is 13.5. The highest BCUT2D eigenvalue weighted by Gasteiger charge is 2.23. The molecule has 0 amide bonds. The van der Waals surface area contributed by atoms with Crippen LogP contribution < -0.4 is 4.74 Å². The third kappa shape index (κ3) is 5.91. The van der Waals surface area contributed by atoms with Gasteiger partial charge in [0, 0.05) is 43.0 Å². The summed E-state index contributed by atoms with van der Waals surface area (Å²) in [6, 6.07) is 13.3. The first-order valence-electron chi connectivity index (χ1n) is 11.2. The minimum Gasteiger partial charge on any atom is -0.492 e. The number of ether oxygens (including phenoxy) is 2. The van der Waals surface area contributed by atoms with Crippen molar-refractivity contribution in [2.75, 3.05) is 39.5 Å². The third-order valence-electron chi connectivity index (χ3n) is 5.24. The second-order valence-electron chi connectivity index (χ2n) is 7.33. The van der Waals surface area contributed by atoms with Gasteiger partial charge in [-0.2, -0.15) is 0 Å². The molecule has 2 aromatic carbocycles. The Morgan fingerprint density at radius 1 is 1.06 bits per heavy atom. The summed E-state index contributed by atoms with van der Waals surface area (Å²) in [5.41, 5.74) is 0.288. The van der Waals surface area contributed by atoms with Gasteiger partial charge in [-0.1, -0.05) is 32.0 Å². The molecule has 2 heterocycles. The number of hydrogen-bond donors (Lipinski definition) is 0. The summed E-state index contributed by atoms with van der Waals surface area (Å²) < 4.78 is 53.2. The van der Waals surface area contributed by atoms with Crippen LogP contribution in [0.3, 0.4) is 0 Å². The van der Waals surface area contributed by atoms with Crippen LogP contribution in [0.25, 0.3) is 11.3 Å². The number of carbonyl (C=O) groups excluding carboxylic acids is 1. The molecule has 3 aromatic rings. The van der Waals surface area contributed by atoms with E-state index in [1.54, 1.807) is 18.2 Å². The van der Waals surface area contributed by atoms with E-state index in [1.807, 2.05) is 13.8 Å². The van der Waals surface area contributed by atoms with Gasteiger partial charge in [-0.25, -0.2) is 16.8 Å². The fourth-order valence-corrected chi connectivity index (χ4v) is 4.96. The normalized spacial score (nSPS) is 14.2. The standard InChI is InChI=1S/C23H23FN2O5S.C2H6/c24-22-7-2-1-6-21(22)23-14-18(17-27)16-26(23)32(28,29)20-5-3-4-19(15-20)31-13-10-25-8-11-30-12-9-25;1-2/h1-7,14-17H,8-13H2;1-2H3. The van der Waals surface area contributed by atoms with E-state index in [9.17, 15) is 17.6 Å². The van der Waals surface area contributed by atoms with Crippen LogP contribution in [0.1, 0.15) is 24.2 Å². The summed E-state index contributed by atoms with van der Waals surface area (Å²) in [6.07, 6.45) is 1.72. The van der Waals surface area contributed by atoms with Gasteiger partial charge in [-0.05, 0) is 30.3 Å². The van der Waals surface area contributed by atoms with E-state index in [0.717, 1.165) is 17.1 Å². The van der Waals surface area contributed by atoms with Gasteiger partial charge in [-0.3, -0.25) is 9.69 Å². The molecule has 1 saturated heterocycles. The van der Waals surface area contributed by atoms with Crippen molar-refractivity contribution in [2.45, 2.75) is 18.7 Å². The number of nitrogens with zero attached hydrogens (tertiary/aromatic N) is 2. The van der Waals surface area contributed by atoms with Crippen molar-refractivity contribution in [3.8, 4) is 17.0 Å². The number of aldehydes is 1. The Bertz CT molecular complexity index is 1200. The molecule has 0 saturated carbocycles. The lowest BCUT2D eigenvalue weighted by molar-refractivity contribution is 0.0322. The van der Waals surface area contributed by atoms with Crippen molar-refractivity contribution in [1.82, 2.24) is 8.87 Å². The molecule has 1 aliphatic heterocycles. The van der Waals surface area contributed by atoms with Crippen LogP contribution >= 0.6 is 0 Å². The Kier molecular flexibility index (Phi) is 8.98. The van der Waals surface area contributed by atoms with Crippen molar-refractivity contribution in [3.05, 3.63) is 72.2 Å². The van der Waals surface area contributed by atoms with Gasteiger partial charge in [0.15, 0.2) is 6.29 Å². The molecule has 0 atom stereocenters. The number of benzene rings is 2. The van der Waals surface area contributed by atoms with Gasteiger partial charge in [0.05, 0.1) is 23.8 Å². The van der Waals surface area contributed by atoms with E-state index in [0.29, 0.717) is 38.4 Å².